The number of aromatic nitrogens is 1. The Morgan fingerprint density at radius 3 is 2.49 bits per heavy atom. The first-order valence-corrected chi connectivity index (χ1v) is 13.5. The molecule has 2 N–H and O–H groups in total. The van der Waals surface area contributed by atoms with Crippen LogP contribution in [0.3, 0.4) is 0 Å². The van der Waals surface area contributed by atoms with Gasteiger partial charge in [0.25, 0.3) is 0 Å². The van der Waals surface area contributed by atoms with Crippen molar-refractivity contribution in [2.45, 2.75) is 70.5 Å². The zero-order valence-electron chi connectivity index (χ0n) is 21.9. The molecule has 0 aliphatic rings. The molecule has 0 saturated carbocycles. The number of nitrogens with two attached hydrogens (primary N) is 1. The van der Waals surface area contributed by atoms with Crippen molar-refractivity contribution in [2.24, 2.45) is 17.6 Å². The number of esters is 1. The molecule has 0 spiro atoms. The molecule has 0 aliphatic heterocycles. The molecule has 0 bridgehead atoms. The number of carbonyl (C=O) groups excluding carboxylic acids is 1. The summed E-state index contributed by atoms with van der Waals surface area (Å²) in [5.41, 5.74) is 8.76. The molecule has 2 heterocycles. The van der Waals surface area contributed by atoms with Crippen molar-refractivity contribution in [1.82, 2.24) is 4.98 Å². The van der Waals surface area contributed by atoms with Gasteiger partial charge in [-0.3, -0.25) is 9.78 Å². The monoisotopic (exact) mass is 536 g/mol. The fraction of sp³-hybridized carbons (Fsp3) is 0.500. The quantitative estimate of drug-likeness (QED) is 0.206. The highest BCUT2D eigenvalue weighted by Crippen LogP contribution is 2.35. The summed E-state index contributed by atoms with van der Waals surface area (Å²) >= 11 is 1.05. The smallest absolute Gasteiger partial charge is 0.395 e. The normalized spacial score (nSPS) is 14.1. The summed E-state index contributed by atoms with van der Waals surface area (Å²) in [6.07, 6.45) is -2.58. The predicted molar refractivity (Wildman–Crippen MR) is 141 cm³/mol. The van der Waals surface area contributed by atoms with Gasteiger partial charge in [-0.15, -0.1) is 11.8 Å². The Hall–Kier alpha value is -2.52. The second kappa shape index (κ2) is 11.9. The molecule has 0 aliphatic carbocycles. The number of rotatable bonds is 11. The molecule has 0 fully saturated rings. The molecule has 3 rings (SSSR count). The number of benzene rings is 1. The molecular formula is C28H35F3N2O3S. The number of furan rings is 1. The lowest BCUT2D eigenvalue weighted by atomic mass is 9.93. The fourth-order valence-corrected chi connectivity index (χ4v) is 5.14. The summed E-state index contributed by atoms with van der Waals surface area (Å²) in [6.45, 7) is 8.49. The van der Waals surface area contributed by atoms with E-state index in [1.165, 1.54) is 0 Å². The van der Waals surface area contributed by atoms with Gasteiger partial charge in [-0.25, -0.2) is 0 Å². The SMILES string of the molecule is CCc1ccc(-c2cc3ccc(SCC(COC(=O)C(C)CC(C)(C)N)C(F)(F)F)cc3o2)c(CC)n1. The molecule has 1 aromatic carbocycles. The van der Waals surface area contributed by atoms with Gasteiger partial charge in [0, 0.05) is 32.8 Å². The van der Waals surface area contributed by atoms with Crippen molar-refractivity contribution in [3.05, 3.63) is 47.8 Å². The largest absolute Gasteiger partial charge is 0.465 e. The molecule has 3 aromatic rings. The van der Waals surface area contributed by atoms with Crippen molar-refractivity contribution >= 4 is 28.7 Å². The van der Waals surface area contributed by atoms with Gasteiger partial charge in [-0.05, 0) is 69.5 Å². The highest BCUT2D eigenvalue weighted by molar-refractivity contribution is 7.99. The Balaban J connectivity index is 1.70. The minimum Gasteiger partial charge on any atom is -0.465 e. The van der Waals surface area contributed by atoms with Gasteiger partial charge < -0.3 is 14.9 Å². The minimum atomic E-state index is -4.50. The number of nitrogens with zero attached hydrogens (tertiary/aromatic N) is 1. The van der Waals surface area contributed by atoms with E-state index in [2.05, 4.69) is 6.92 Å². The zero-order chi connectivity index (χ0) is 27.4. The molecule has 2 aromatic heterocycles. The Morgan fingerprint density at radius 2 is 1.86 bits per heavy atom. The number of ether oxygens (including phenoxy) is 1. The van der Waals surface area contributed by atoms with Crippen molar-refractivity contribution in [1.29, 1.82) is 0 Å². The fourth-order valence-electron chi connectivity index (χ4n) is 4.10. The van der Waals surface area contributed by atoms with Crippen molar-refractivity contribution < 1.29 is 27.1 Å². The average molecular weight is 537 g/mol. The van der Waals surface area contributed by atoms with E-state index in [-0.39, 0.29) is 5.75 Å². The maximum atomic E-state index is 13.7. The highest BCUT2D eigenvalue weighted by atomic mass is 32.2. The number of hydrogen-bond acceptors (Lipinski definition) is 6. The van der Waals surface area contributed by atoms with Gasteiger partial charge in [-0.1, -0.05) is 20.8 Å². The first kappa shape index (κ1) is 29.0. The van der Waals surface area contributed by atoms with Gasteiger partial charge in [-0.2, -0.15) is 13.2 Å². The maximum Gasteiger partial charge on any atom is 0.395 e. The number of hydrogen-bond donors (Lipinski definition) is 1. The van der Waals surface area contributed by atoms with Crippen LogP contribution in [-0.4, -0.2) is 35.0 Å². The van der Waals surface area contributed by atoms with E-state index < -0.39 is 36.1 Å². The number of halogens is 3. The molecule has 5 nitrogen and oxygen atoms in total. The third-order valence-corrected chi connectivity index (χ3v) is 7.22. The first-order chi connectivity index (χ1) is 17.3. The van der Waals surface area contributed by atoms with Crippen LogP contribution in [0.2, 0.25) is 0 Å². The molecule has 2 unspecified atom stereocenters. The van der Waals surface area contributed by atoms with E-state index in [1.54, 1.807) is 32.9 Å². The van der Waals surface area contributed by atoms with E-state index in [9.17, 15) is 18.0 Å². The van der Waals surface area contributed by atoms with E-state index >= 15 is 0 Å². The Kier molecular flexibility index (Phi) is 9.34. The van der Waals surface area contributed by atoms with Gasteiger partial charge >= 0.3 is 12.1 Å². The van der Waals surface area contributed by atoms with Crippen LogP contribution < -0.4 is 5.73 Å². The standard InChI is InChI=1S/C28H35F3N2O3S/c1-6-20-9-11-22(23(7-2)33-20)25-12-18-8-10-21(13-24(18)36-25)37-16-19(28(29,30)31)15-35-26(34)17(3)14-27(4,5)32/h8-13,17,19H,6-7,14-16,32H2,1-5H3. The molecule has 2 atom stereocenters. The molecule has 0 saturated heterocycles. The first-order valence-electron chi connectivity index (χ1n) is 12.5. The molecule has 0 amide bonds. The second-order valence-corrected chi connectivity index (χ2v) is 11.2. The van der Waals surface area contributed by atoms with Gasteiger partial charge in [0.05, 0.1) is 17.5 Å². The molecular weight excluding hydrogens is 501 g/mol. The molecule has 0 radical (unpaired) electrons. The van der Waals surface area contributed by atoms with Crippen LogP contribution >= 0.6 is 11.8 Å². The Bertz CT molecular complexity index is 1220. The van der Waals surface area contributed by atoms with Crippen molar-refractivity contribution in [2.75, 3.05) is 12.4 Å². The highest BCUT2D eigenvalue weighted by Gasteiger charge is 2.40. The lowest BCUT2D eigenvalue weighted by Gasteiger charge is -2.24. The molecule has 37 heavy (non-hydrogen) atoms. The van der Waals surface area contributed by atoms with Crippen LogP contribution in [0.5, 0.6) is 0 Å². The second-order valence-electron chi connectivity index (χ2n) is 10.1. The van der Waals surface area contributed by atoms with Crippen LogP contribution in [0.25, 0.3) is 22.3 Å². The van der Waals surface area contributed by atoms with E-state index in [1.807, 2.05) is 31.2 Å². The summed E-state index contributed by atoms with van der Waals surface area (Å²) in [7, 11) is 0. The Labute approximate surface area is 220 Å². The Morgan fingerprint density at radius 1 is 1.14 bits per heavy atom. The van der Waals surface area contributed by atoms with Crippen LogP contribution in [0.4, 0.5) is 13.2 Å². The van der Waals surface area contributed by atoms with Crippen LogP contribution in [0.1, 0.15) is 52.4 Å². The minimum absolute atomic E-state index is 0.283. The lowest BCUT2D eigenvalue weighted by Crippen LogP contribution is -2.37. The third kappa shape index (κ3) is 7.98. The summed E-state index contributed by atoms with van der Waals surface area (Å²) in [5, 5.41) is 0.860. The van der Waals surface area contributed by atoms with Crippen LogP contribution in [0, 0.1) is 11.8 Å². The van der Waals surface area contributed by atoms with Gasteiger partial charge in [0.15, 0.2) is 0 Å². The van der Waals surface area contributed by atoms with Crippen molar-refractivity contribution in [3.8, 4) is 11.3 Å². The summed E-state index contributed by atoms with van der Waals surface area (Å²) in [5.74, 6) is -2.65. The summed E-state index contributed by atoms with van der Waals surface area (Å²) in [6, 6.07) is 11.3. The van der Waals surface area contributed by atoms with Crippen LogP contribution in [0.15, 0.2) is 45.7 Å². The number of fused-ring (bicyclic) bond motifs is 1. The van der Waals surface area contributed by atoms with Gasteiger partial charge in [0.1, 0.15) is 18.0 Å². The van der Waals surface area contributed by atoms with Crippen LogP contribution in [-0.2, 0) is 22.4 Å². The number of aryl methyl sites for hydroxylation is 2. The topological polar surface area (TPSA) is 78.4 Å². The van der Waals surface area contributed by atoms with E-state index in [0.29, 0.717) is 22.7 Å². The molecule has 9 heteroatoms. The van der Waals surface area contributed by atoms with E-state index in [0.717, 1.165) is 46.9 Å². The van der Waals surface area contributed by atoms with E-state index in [4.69, 9.17) is 19.9 Å². The third-order valence-electron chi connectivity index (χ3n) is 6.06. The zero-order valence-corrected chi connectivity index (χ0v) is 22.8. The van der Waals surface area contributed by atoms with Crippen molar-refractivity contribution in [3.63, 3.8) is 0 Å². The lowest BCUT2D eigenvalue weighted by molar-refractivity contribution is -0.186. The molecule has 202 valence electrons. The number of alkyl halides is 3. The number of pyridine rings is 1. The number of thioether (sulfide) groups is 1. The number of carbonyl (C=O) groups is 1. The summed E-state index contributed by atoms with van der Waals surface area (Å²) in [4.78, 5) is 17.5. The summed E-state index contributed by atoms with van der Waals surface area (Å²) < 4.78 is 52.1. The predicted octanol–water partition coefficient (Wildman–Crippen LogP) is 7.20. The van der Waals surface area contributed by atoms with Gasteiger partial charge in [0.2, 0.25) is 0 Å². The average Bonchev–Trinajstić information content (AvgIpc) is 3.24. The maximum absolute atomic E-state index is 13.7.